The highest BCUT2D eigenvalue weighted by Crippen LogP contribution is 2.28. The SMILES string of the molecule is COc1ccccc1C(CNc1ccc(S(=O)(=O)N2CCCCC2)cn1)N(C)C. The van der Waals surface area contributed by atoms with Gasteiger partial charge in [-0.05, 0) is 45.1 Å². The fourth-order valence-electron chi connectivity index (χ4n) is 3.61. The van der Waals surface area contributed by atoms with Crippen molar-refractivity contribution in [2.75, 3.05) is 46.2 Å². The minimum absolute atomic E-state index is 0.0738. The standard InChI is InChI=1S/C21H30N4O3S/c1-24(2)19(18-9-5-6-10-20(18)28-3)16-23-21-12-11-17(15-22-21)29(26,27)25-13-7-4-8-14-25/h5-6,9-12,15,19H,4,7-8,13-14,16H2,1-3H3,(H,22,23). The van der Waals surface area contributed by atoms with Gasteiger partial charge in [0.1, 0.15) is 16.5 Å². The molecule has 1 atom stereocenters. The van der Waals surface area contributed by atoms with Gasteiger partial charge < -0.3 is 15.0 Å². The molecule has 158 valence electrons. The summed E-state index contributed by atoms with van der Waals surface area (Å²) in [5.41, 5.74) is 1.08. The van der Waals surface area contributed by atoms with Crippen molar-refractivity contribution in [3.05, 3.63) is 48.2 Å². The first kappa shape index (κ1) is 21.5. The topological polar surface area (TPSA) is 74.8 Å². The molecule has 1 aromatic heterocycles. The number of ether oxygens (including phenoxy) is 1. The van der Waals surface area contributed by atoms with Crippen LogP contribution in [0.25, 0.3) is 0 Å². The molecule has 8 heteroatoms. The van der Waals surface area contributed by atoms with Crippen LogP contribution in [0.3, 0.4) is 0 Å². The molecule has 1 N–H and O–H groups in total. The van der Waals surface area contributed by atoms with Gasteiger partial charge in [-0.3, -0.25) is 0 Å². The van der Waals surface area contributed by atoms with E-state index >= 15 is 0 Å². The van der Waals surface area contributed by atoms with Crippen LogP contribution in [-0.2, 0) is 10.0 Å². The summed E-state index contributed by atoms with van der Waals surface area (Å²) in [6.07, 6.45) is 4.37. The van der Waals surface area contributed by atoms with E-state index in [2.05, 4.69) is 15.2 Å². The van der Waals surface area contributed by atoms with Gasteiger partial charge in [0.25, 0.3) is 0 Å². The summed E-state index contributed by atoms with van der Waals surface area (Å²) < 4.78 is 32.6. The smallest absolute Gasteiger partial charge is 0.244 e. The Morgan fingerprint density at radius 1 is 1.14 bits per heavy atom. The van der Waals surface area contributed by atoms with Crippen LogP contribution in [0.5, 0.6) is 5.75 Å². The summed E-state index contributed by atoms with van der Waals surface area (Å²) in [6, 6.07) is 11.4. The van der Waals surface area contributed by atoms with Crippen molar-refractivity contribution < 1.29 is 13.2 Å². The second-order valence-electron chi connectivity index (χ2n) is 7.45. The molecule has 1 aliphatic heterocycles. The maximum absolute atomic E-state index is 12.8. The molecule has 0 saturated carbocycles. The lowest BCUT2D eigenvalue weighted by molar-refractivity contribution is 0.300. The number of anilines is 1. The van der Waals surface area contributed by atoms with Gasteiger partial charge in [0, 0.05) is 31.4 Å². The van der Waals surface area contributed by atoms with Crippen molar-refractivity contribution in [2.24, 2.45) is 0 Å². The lowest BCUT2D eigenvalue weighted by Crippen LogP contribution is -2.35. The molecule has 2 heterocycles. The molecule has 7 nitrogen and oxygen atoms in total. The Bertz CT molecular complexity index is 894. The number of hydrogen-bond acceptors (Lipinski definition) is 6. The average molecular weight is 419 g/mol. The van der Waals surface area contributed by atoms with E-state index in [1.165, 1.54) is 6.20 Å². The summed E-state index contributed by atoms with van der Waals surface area (Å²) in [6.45, 7) is 1.79. The molecule has 0 aliphatic carbocycles. The first-order chi connectivity index (χ1) is 13.9. The molecule has 1 aromatic carbocycles. The first-order valence-electron chi connectivity index (χ1n) is 9.93. The zero-order valence-corrected chi connectivity index (χ0v) is 18.2. The van der Waals surface area contributed by atoms with E-state index in [9.17, 15) is 8.42 Å². The Balaban J connectivity index is 1.70. The highest BCUT2D eigenvalue weighted by Gasteiger charge is 2.26. The van der Waals surface area contributed by atoms with Crippen LogP contribution in [0.1, 0.15) is 30.9 Å². The average Bonchev–Trinajstić information content (AvgIpc) is 2.75. The lowest BCUT2D eigenvalue weighted by atomic mass is 10.0. The Hall–Kier alpha value is -2.16. The summed E-state index contributed by atoms with van der Waals surface area (Å²) >= 11 is 0. The Morgan fingerprint density at radius 2 is 1.86 bits per heavy atom. The number of sulfonamides is 1. The monoisotopic (exact) mass is 418 g/mol. The molecule has 0 spiro atoms. The van der Waals surface area contributed by atoms with Crippen LogP contribution in [0.2, 0.25) is 0 Å². The highest BCUT2D eigenvalue weighted by atomic mass is 32.2. The van der Waals surface area contributed by atoms with Crippen LogP contribution in [-0.4, -0.2) is 63.4 Å². The van der Waals surface area contributed by atoms with E-state index in [-0.39, 0.29) is 10.9 Å². The molecular formula is C21H30N4O3S. The van der Waals surface area contributed by atoms with Gasteiger partial charge in [0.05, 0.1) is 13.2 Å². The number of pyridine rings is 1. The molecule has 29 heavy (non-hydrogen) atoms. The number of nitrogens with one attached hydrogen (secondary N) is 1. The first-order valence-corrected chi connectivity index (χ1v) is 11.4. The number of para-hydroxylation sites is 1. The van der Waals surface area contributed by atoms with Gasteiger partial charge in [-0.1, -0.05) is 24.6 Å². The van der Waals surface area contributed by atoms with E-state index in [0.29, 0.717) is 25.5 Å². The molecule has 0 radical (unpaired) electrons. The predicted molar refractivity (Wildman–Crippen MR) is 115 cm³/mol. The van der Waals surface area contributed by atoms with Crippen molar-refractivity contribution in [1.29, 1.82) is 0 Å². The lowest BCUT2D eigenvalue weighted by Gasteiger charge is -2.27. The fraction of sp³-hybridized carbons (Fsp3) is 0.476. The summed E-state index contributed by atoms with van der Waals surface area (Å²) in [7, 11) is 2.24. The second kappa shape index (κ2) is 9.56. The molecule has 0 amide bonds. The third-order valence-electron chi connectivity index (χ3n) is 5.29. The Labute approximate surface area is 173 Å². The number of likely N-dealkylation sites (N-methyl/N-ethyl adjacent to an activating group) is 1. The Morgan fingerprint density at radius 3 is 2.48 bits per heavy atom. The molecule has 1 aliphatic rings. The Kier molecular flexibility index (Phi) is 7.10. The van der Waals surface area contributed by atoms with Crippen LogP contribution >= 0.6 is 0 Å². The van der Waals surface area contributed by atoms with Crippen molar-refractivity contribution in [3.63, 3.8) is 0 Å². The maximum Gasteiger partial charge on any atom is 0.244 e. The van der Waals surface area contributed by atoms with E-state index in [0.717, 1.165) is 30.6 Å². The molecule has 3 rings (SSSR count). The van der Waals surface area contributed by atoms with E-state index in [1.807, 2.05) is 38.4 Å². The minimum atomic E-state index is -3.46. The van der Waals surface area contributed by atoms with E-state index in [4.69, 9.17) is 4.74 Å². The van der Waals surface area contributed by atoms with Crippen LogP contribution in [0.4, 0.5) is 5.82 Å². The van der Waals surface area contributed by atoms with Gasteiger partial charge in [-0.25, -0.2) is 13.4 Å². The number of methoxy groups -OCH3 is 1. The number of nitrogens with zero attached hydrogens (tertiary/aromatic N) is 3. The molecule has 0 bridgehead atoms. The molecule has 1 fully saturated rings. The van der Waals surface area contributed by atoms with Gasteiger partial charge in [0.15, 0.2) is 0 Å². The molecule has 2 aromatic rings. The third-order valence-corrected chi connectivity index (χ3v) is 7.17. The summed E-state index contributed by atoms with van der Waals surface area (Å²) in [5, 5.41) is 3.32. The predicted octanol–water partition coefficient (Wildman–Crippen LogP) is 2.98. The fourth-order valence-corrected chi connectivity index (χ4v) is 5.07. The summed E-state index contributed by atoms with van der Waals surface area (Å²) in [4.78, 5) is 6.70. The van der Waals surface area contributed by atoms with Crippen LogP contribution in [0.15, 0.2) is 47.5 Å². The quantitative estimate of drug-likeness (QED) is 0.710. The zero-order valence-electron chi connectivity index (χ0n) is 17.3. The molecular weight excluding hydrogens is 388 g/mol. The van der Waals surface area contributed by atoms with Gasteiger partial charge in [0.2, 0.25) is 10.0 Å². The van der Waals surface area contributed by atoms with Crippen molar-refractivity contribution in [2.45, 2.75) is 30.2 Å². The number of piperidine rings is 1. The van der Waals surface area contributed by atoms with Crippen LogP contribution < -0.4 is 10.1 Å². The van der Waals surface area contributed by atoms with Crippen molar-refractivity contribution >= 4 is 15.8 Å². The van der Waals surface area contributed by atoms with Gasteiger partial charge >= 0.3 is 0 Å². The summed E-state index contributed by atoms with van der Waals surface area (Å²) in [5.74, 6) is 1.48. The maximum atomic E-state index is 12.8. The zero-order chi connectivity index (χ0) is 20.9. The highest BCUT2D eigenvalue weighted by molar-refractivity contribution is 7.89. The number of aromatic nitrogens is 1. The number of benzene rings is 1. The van der Waals surface area contributed by atoms with E-state index < -0.39 is 10.0 Å². The minimum Gasteiger partial charge on any atom is -0.496 e. The third kappa shape index (κ3) is 5.07. The van der Waals surface area contributed by atoms with Gasteiger partial charge in [-0.2, -0.15) is 4.31 Å². The largest absolute Gasteiger partial charge is 0.496 e. The van der Waals surface area contributed by atoms with Crippen molar-refractivity contribution in [1.82, 2.24) is 14.2 Å². The van der Waals surface area contributed by atoms with Crippen molar-refractivity contribution in [3.8, 4) is 5.75 Å². The molecule has 1 saturated heterocycles. The van der Waals surface area contributed by atoms with Crippen LogP contribution in [0, 0.1) is 0 Å². The second-order valence-corrected chi connectivity index (χ2v) is 9.38. The normalized spacial score (nSPS) is 16.6. The molecule has 1 unspecified atom stereocenters. The number of hydrogen-bond donors (Lipinski definition) is 1. The van der Waals surface area contributed by atoms with E-state index in [1.54, 1.807) is 23.5 Å². The number of rotatable bonds is 8. The van der Waals surface area contributed by atoms with Gasteiger partial charge in [-0.15, -0.1) is 0 Å².